The van der Waals surface area contributed by atoms with Gasteiger partial charge in [0.1, 0.15) is 0 Å². The van der Waals surface area contributed by atoms with Crippen LogP contribution in [0.2, 0.25) is 0 Å². The summed E-state index contributed by atoms with van der Waals surface area (Å²) >= 11 is 0. The minimum absolute atomic E-state index is 0.789. The summed E-state index contributed by atoms with van der Waals surface area (Å²) in [5.74, 6) is 0.789. The zero-order chi connectivity index (χ0) is 11.7. The van der Waals surface area contributed by atoms with Gasteiger partial charge < -0.3 is 5.32 Å². The van der Waals surface area contributed by atoms with Crippen molar-refractivity contribution in [3.05, 3.63) is 34.9 Å². The molecule has 1 fully saturated rings. The number of nitrogens with zero attached hydrogens (tertiary/aromatic N) is 1. The lowest BCUT2D eigenvalue weighted by molar-refractivity contribution is 0.301. The Morgan fingerprint density at radius 2 is 1.94 bits per heavy atom. The molecule has 0 unspecified atom stereocenters. The van der Waals surface area contributed by atoms with Crippen molar-refractivity contribution >= 4 is 0 Å². The van der Waals surface area contributed by atoms with Crippen molar-refractivity contribution in [2.45, 2.75) is 38.8 Å². The highest BCUT2D eigenvalue weighted by Crippen LogP contribution is 2.30. The summed E-state index contributed by atoms with van der Waals surface area (Å²) in [7, 11) is 0. The second-order valence-electron chi connectivity index (χ2n) is 5.36. The molecule has 2 heterocycles. The van der Waals surface area contributed by atoms with E-state index in [0.29, 0.717) is 0 Å². The molecule has 0 bridgehead atoms. The van der Waals surface area contributed by atoms with Crippen molar-refractivity contribution in [2.75, 3.05) is 19.6 Å². The quantitative estimate of drug-likeness (QED) is 0.839. The minimum atomic E-state index is 0.789. The molecule has 2 aliphatic rings. The van der Waals surface area contributed by atoms with Crippen LogP contribution in [0, 0.1) is 0 Å². The van der Waals surface area contributed by atoms with Gasteiger partial charge in [0.25, 0.3) is 0 Å². The molecule has 0 radical (unpaired) electrons. The Morgan fingerprint density at radius 1 is 1.18 bits per heavy atom. The second-order valence-corrected chi connectivity index (χ2v) is 5.36. The number of piperidine rings is 1. The van der Waals surface area contributed by atoms with Crippen LogP contribution >= 0.6 is 0 Å². The molecule has 92 valence electrons. The van der Waals surface area contributed by atoms with E-state index in [1.165, 1.54) is 25.9 Å². The molecule has 2 aliphatic heterocycles. The maximum Gasteiger partial charge on any atom is 0.0240 e. The highest BCUT2D eigenvalue weighted by atomic mass is 15.1. The van der Waals surface area contributed by atoms with E-state index in [-0.39, 0.29) is 0 Å². The normalized spacial score (nSPS) is 21.7. The van der Waals surface area contributed by atoms with Crippen LogP contribution in [-0.4, -0.2) is 24.5 Å². The van der Waals surface area contributed by atoms with E-state index in [0.717, 1.165) is 25.6 Å². The Morgan fingerprint density at radius 3 is 2.71 bits per heavy atom. The molecule has 17 heavy (non-hydrogen) atoms. The Labute approximate surface area is 104 Å². The topological polar surface area (TPSA) is 15.3 Å². The molecule has 0 atom stereocenters. The summed E-state index contributed by atoms with van der Waals surface area (Å²) in [6, 6.07) is 7.21. The third kappa shape index (κ3) is 2.24. The average Bonchev–Trinajstić information content (AvgIpc) is 2.81. The summed E-state index contributed by atoms with van der Waals surface area (Å²) in [5.41, 5.74) is 4.69. The highest BCUT2D eigenvalue weighted by molar-refractivity contribution is 5.36. The molecule has 0 spiro atoms. The van der Waals surface area contributed by atoms with Crippen LogP contribution in [0.3, 0.4) is 0 Å². The van der Waals surface area contributed by atoms with Crippen LogP contribution in [0.5, 0.6) is 0 Å². The molecular weight excluding hydrogens is 208 g/mol. The van der Waals surface area contributed by atoms with Crippen LogP contribution in [0.15, 0.2) is 18.2 Å². The summed E-state index contributed by atoms with van der Waals surface area (Å²) in [6.07, 6.45) is 2.60. The van der Waals surface area contributed by atoms with Gasteiger partial charge in [-0.3, -0.25) is 4.90 Å². The molecule has 1 N–H and O–H groups in total. The Balaban J connectivity index is 1.80. The first-order chi connectivity index (χ1) is 8.36. The van der Waals surface area contributed by atoms with Crippen LogP contribution in [0.1, 0.15) is 42.4 Å². The van der Waals surface area contributed by atoms with Crippen molar-refractivity contribution < 1.29 is 0 Å². The number of benzene rings is 1. The predicted octanol–water partition coefficient (Wildman–Crippen LogP) is 2.49. The fraction of sp³-hybridized carbons (Fsp3) is 0.600. The standard InChI is InChI=1S/C15H22N2/c1-2-17-10-14-4-3-13(9-15(14)11-17)12-5-7-16-8-6-12/h3-4,9,12,16H,2,5-8,10-11H2,1H3. The van der Waals surface area contributed by atoms with Crippen molar-refractivity contribution in [1.29, 1.82) is 0 Å². The van der Waals surface area contributed by atoms with Gasteiger partial charge in [0, 0.05) is 13.1 Å². The van der Waals surface area contributed by atoms with Gasteiger partial charge in [-0.15, -0.1) is 0 Å². The maximum atomic E-state index is 3.44. The highest BCUT2D eigenvalue weighted by Gasteiger charge is 2.20. The van der Waals surface area contributed by atoms with E-state index < -0.39 is 0 Å². The van der Waals surface area contributed by atoms with Gasteiger partial charge in [-0.1, -0.05) is 25.1 Å². The first-order valence-electron chi connectivity index (χ1n) is 6.91. The smallest absolute Gasteiger partial charge is 0.0240 e. The third-order valence-corrected chi connectivity index (χ3v) is 4.28. The lowest BCUT2D eigenvalue weighted by atomic mass is 9.88. The van der Waals surface area contributed by atoms with E-state index in [1.807, 2.05) is 0 Å². The maximum absolute atomic E-state index is 3.44. The van der Waals surface area contributed by atoms with Crippen molar-refractivity contribution in [1.82, 2.24) is 10.2 Å². The van der Waals surface area contributed by atoms with E-state index in [4.69, 9.17) is 0 Å². The Hall–Kier alpha value is -0.860. The summed E-state index contributed by atoms with van der Waals surface area (Å²) in [4.78, 5) is 2.51. The van der Waals surface area contributed by atoms with Crippen molar-refractivity contribution in [3.63, 3.8) is 0 Å². The lowest BCUT2D eigenvalue weighted by Gasteiger charge is -2.23. The van der Waals surface area contributed by atoms with Crippen molar-refractivity contribution in [3.8, 4) is 0 Å². The molecule has 1 aromatic carbocycles. The van der Waals surface area contributed by atoms with Crippen LogP contribution in [0.4, 0.5) is 0 Å². The summed E-state index contributed by atoms with van der Waals surface area (Å²) in [5, 5.41) is 3.44. The van der Waals surface area contributed by atoms with Gasteiger partial charge in [-0.05, 0) is 55.1 Å². The first-order valence-corrected chi connectivity index (χ1v) is 6.91. The number of hydrogen-bond acceptors (Lipinski definition) is 2. The zero-order valence-electron chi connectivity index (χ0n) is 10.7. The average molecular weight is 230 g/mol. The SMILES string of the molecule is CCN1Cc2ccc(C3CCNCC3)cc2C1. The van der Waals surface area contributed by atoms with Crippen molar-refractivity contribution in [2.24, 2.45) is 0 Å². The molecule has 0 amide bonds. The summed E-state index contributed by atoms with van der Waals surface area (Å²) in [6.45, 7) is 8.09. The van der Waals surface area contributed by atoms with Gasteiger partial charge in [0.15, 0.2) is 0 Å². The Kier molecular flexibility index (Phi) is 3.17. The second kappa shape index (κ2) is 4.79. The van der Waals surface area contributed by atoms with E-state index >= 15 is 0 Å². The van der Waals surface area contributed by atoms with E-state index in [1.54, 1.807) is 16.7 Å². The van der Waals surface area contributed by atoms with Gasteiger partial charge in [0.2, 0.25) is 0 Å². The number of fused-ring (bicyclic) bond motifs is 1. The summed E-state index contributed by atoms with van der Waals surface area (Å²) < 4.78 is 0. The molecule has 2 nitrogen and oxygen atoms in total. The predicted molar refractivity (Wildman–Crippen MR) is 71.1 cm³/mol. The van der Waals surface area contributed by atoms with Crippen LogP contribution < -0.4 is 5.32 Å². The molecule has 1 aromatic rings. The van der Waals surface area contributed by atoms with Gasteiger partial charge in [-0.2, -0.15) is 0 Å². The fourth-order valence-electron chi connectivity index (χ4n) is 3.12. The first kappa shape index (κ1) is 11.2. The molecule has 0 aromatic heterocycles. The molecule has 2 heteroatoms. The number of nitrogens with one attached hydrogen (secondary N) is 1. The molecule has 3 rings (SSSR count). The van der Waals surface area contributed by atoms with Gasteiger partial charge in [0.05, 0.1) is 0 Å². The molecule has 1 saturated heterocycles. The van der Waals surface area contributed by atoms with Gasteiger partial charge >= 0.3 is 0 Å². The Bertz CT molecular complexity index is 394. The zero-order valence-corrected chi connectivity index (χ0v) is 10.7. The number of hydrogen-bond donors (Lipinski definition) is 1. The number of rotatable bonds is 2. The van der Waals surface area contributed by atoms with E-state index in [9.17, 15) is 0 Å². The minimum Gasteiger partial charge on any atom is -0.317 e. The van der Waals surface area contributed by atoms with Crippen LogP contribution in [0.25, 0.3) is 0 Å². The monoisotopic (exact) mass is 230 g/mol. The molecule has 0 saturated carbocycles. The largest absolute Gasteiger partial charge is 0.317 e. The third-order valence-electron chi connectivity index (χ3n) is 4.28. The molecular formula is C15H22N2. The van der Waals surface area contributed by atoms with E-state index in [2.05, 4.69) is 35.3 Å². The van der Waals surface area contributed by atoms with Crippen LogP contribution in [-0.2, 0) is 13.1 Å². The lowest BCUT2D eigenvalue weighted by Crippen LogP contribution is -2.26. The fourth-order valence-corrected chi connectivity index (χ4v) is 3.12. The molecule has 0 aliphatic carbocycles. The van der Waals surface area contributed by atoms with Gasteiger partial charge in [-0.25, -0.2) is 0 Å².